The van der Waals surface area contributed by atoms with Crippen LogP contribution in [0.3, 0.4) is 0 Å². The highest BCUT2D eigenvalue weighted by Gasteiger charge is 2.49. The first-order chi connectivity index (χ1) is 8.05. The van der Waals surface area contributed by atoms with Crippen molar-refractivity contribution in [1.29, 1.82) is 0 Å². The van der Waals surface area contributed by atoms with Crippen LogP contribution in [0.25, 0.3) is 0 Å². The van der Waals surface area contributed by atoms with E-state index in [0.29, 0.717) is 0 Å². The summed E-state index contributed by atoms with van der Waals surface area (Å²) in [5.74, 6) is 1.76. The van der Waals surface area contributed by atoms with Gasteiger partial charge in [-0.1, -0.05) is 0 Å². The van der Waals surface area contributed by atoms with Crippen LogP contribution in [-0.2, 0) is 5.41 Å². The molecule has 1 aromatic carbocycles. The fourth-order valence-corrected chi connectivity index (χ4v) is 2.55. The monoisotopic (exact) mass is 235 g/mol. The molecule has 0 radical (unpaired) electrons. The molecule has 3 nitrogen and oxygen atoms in total. The summed E-state index contributed by atoms with van der Waals surface area (Å²) in [6.07, 6.45) is 2.29. The van der Waals surface area contributed by atoms with E-state index in [1.54, 1.807) is 14.2 Å². The lowest BCUT2D eigenvalue weighted by atomic mass is 9.87. The Hall–Kier alpha value is -1.22. The summed E-state index contributed by atoms with van der Waals surface area (Å²) < 4.78 is 10.8. The van der Waals surface area contributed by atoms with Crippen LogP contribution >= 0.6 is 0 Å². The van der Waals surface area contributed by atoms with Crippen molar-refractivity contribution >= 4 is 0 Å². The highest BCUT2D eigenvalue weighted by Crippen LogP contribution is 2.54. The molecule has 0 aromatic heterocycles. The summed E-state index contributed by atoms with van der Waals surface area (Å²) in [6, 6.07) is 4.28. The van der Waals surface area contributed by atoms with Crippen LogP contribution in [0.4, 0.5) is 0 Å². The van der Waals surface area contributed by atoms with Gasteiger partial charge in [0.2, 0.25) is 0 Å². The molecule has 1 aliphatic carbocycles. The van der Waals surface area contributed by atoms with E-state index in [1.165, 1.54) is 5.56 Å². The average Bonchev–Trinajstić information content (AvgIpc) is 3.09. The summed E-state index contributed by atoms with van der Waals surface area (Å²) in [5.41, 5.74) is 8.60. The van der Waals surface area contributed by atoms with E-state index >= 15 is 0 Å². The van der Waals surface area contributed by atoms with Crippen LogP contribution in [0.5, 0.6) is 11.5 Å². The third-order valence-corrected chi connectivity index (χ3v) is 3.91. The Morgan fingerprint density at radius 2 is 1.76 bits per heavy atom. The maximum atomic E-state index is 6.12. The Morgan fingerprint density at radius 1 is 1.18 bits per heavy atom. The van der Waals surface area contributed by atoms with Gasteiger partial charge >= 0.3 is 0 Å². The third kappa shape index (κ3) is 1.89. The Labute approximate surface area is 103 Å². The van der Waals surface area contributed by atoms with Gasteiger partial charge in [-0.05, 0) is 38.3 Å². The first kappa shape index (κ1) is 12.2. The molecule has 0 amide bonds. The zero-order valence-electron chi connectivity index (χ0n) is 11.0. The van der Waals surface area contributed by atoms with Gasteiger partial charge in [0.1, 0.15) is 11.5 Å². The fraction of sp³-hybridized carbons (Fsp3) is 0.571. The van der Waals surface area contributed by atoms with Crippen LogP contribution in [0.2, 0.25) is 0 Å². The molecule has 2 rings (SSSR count). The molecule has 0 bridgehead atoms. The quantitative estimate of drug-likeness (QED) is 0.871. The second kappa shape index (κ2) is 4.22. The number of methoxy groups -OCH3 is 2. The molecule has 3 heteroatoms. The molecule has 1 aliphatic rings. The predicted octanol–water partition coefficient (Wildman–Crippen LogP) is 2.39. The Kier molecular flexibility index (Phi) is 3.04. The van der Waals surface area contributed by atoms with E-state index in [0.717, 1.165) is 29.9 Å². The number of nitrogens with two attached hydrogens (primary N) is 1. The number of benzene rings is 1. The van der Waals surface area contributed by atoms with Crippen LogP contribution in [0, 0.1) is 6.92 Å². The molecule has 1 fully saturated rings. The molecule has 94 valence electrons. The zero-order chi connectivity index (χ0) is 12.6. The van der Waals surface area contributed by atoms with Crippen molar-refractivity contribution in [2.75, 3.05) is 14.2 Å². The lowest BCUT2D eigenvalue weighted by Gasteiger charge is -2.23. The first-order valence-electron chi connectivity index (χ1n) is 6.04. The molecule has 1 saturated carbocycles. The van der Waals surface area contributed by atoms with E-state index in [-0.39, 0.29) is 11.5 Å². The van der Waals surface area contributed by atoms with E-state index in [2.05, 4.69) is 19.9 Å². The Morgan fingerprint density at radius 3 is 2.18 bits per heavy atom. The number of rotatable bonds is 4. The SMILES string of the molecule is COc1cc(OC)c(C2(C(C)N)CC2)cc1C. The van der Waals surface area contributed by atoms with Gasteiger partial charge in [-0.25, -0.2) is 0 Å². The minimum absolute atomic E-state index is 0.113. The minimum atomic E-state index is 0.113. The van der Waals surface area contributed by atoms with Gasteiger partial charge in [0.15, 0.2) is 0 Å². The van der Waals surface area contributed by atoms with Crippen molar-refractivity contribution in [3.8, 4) is 11.5 Å². The van der Waals surface area contributed by atoms with Crippen molar-refractivity contribution in [2.45, 2.75) is 38.1 Å². The highest BCUT2D eigenvalue weighted by atomic mass is 16.5. The van der Waals surface area contributed by atoms with E-state index in [4.69, 9.17) is 15.2 Å². The van der Waals surface area contributed by atoms with Crippen LogP contribution in [0.15, 0.2) is 12.1 Å². The number of ether oxygens (including phenoxy) is 2. The van der Waals surface area contributed by atoms with E-state index in [9.17, 15) is 0 Å². The lowest BCUT2D eigenvalue weighted by molar-refractivity contribution is 0.382. The van der Waals surface area contributed by atoms with Gasteiger partial charge in [-0.15, -0.1) is 0 Å². The molecule has 0 spiro atoms. The van der Waals surface area contributed by atoms with Crippen molar-refractivity contribution < 1.29 is 9.47 Å². The van der Waals surface area contributed by atoms with Crippen molar-refractivity contribution in [1.82, 2.24) is 0 Å². The molecular formula is C14H21NO2. The maximum absolute atomic E-state index is 6.12. The number of hydrogen-bond donors (Lipinski definition) is 1. The van der Waals surface area contributed by atoms with Crippen molar-refractivity contribution in [3.63, 3.8) is 0 Å². The maximum Gasteiger partial charge on any atom is 0.126 e. The molecule has 1 aromatic rings. The van der Waals surface area contributed by atoms with Gasteiger partial charge in [0.25, 0.3) is 0 Å². The molecule has 2 N–H and O–H groups in total. The predicted molar refractivity (Wildman–Crippen MR) is 68.8 cm³/mol. The molecule has 0 saturated heterocycles. The number of hydrogen-bond acceptors (Lipinski definition) is 3. The van der Waals surface area contributed by atoms with Gasteiger partial charge in [-0.3, -0.25) is 0 Å². The summed E-state index contributed by atoms with van der Waals surface area (Å²) in [5, 5.41) is 0. The summed E-state index contributed by atoms with van der Waals surface area (Å²) >= 11 is 0. The molecule has 0 heterocycles. The summed E-state index contributed by atoms with van der Waals surface area (Å²) in [6.45, 7) is 4.13. The number of aryl methyl sites for hydroxylation is 1. The Bertz CT molecular complexity index is 422. The van der Waals surface area contributed by atoms with Crippen LogP contribution < -0.4 is 15.2 Å². The summed E-state index contributed by atoms with van der Waals surface area (Å²) in [7, 11) is 3.38. The van der Waals surface area contributed by atoms with Gasteiger partial charge in [0.05, 0.1) is 14.2 Å². The van der Waals surface area contributed by atoms with Crippen molar-refractivity contribution in [3.05, 3.63) is 23.3 Å². The minimum Gasteiger partial charge on any atom is -0.496 e. The zero-order valence-corrected chi connectivity index (χ0v) is 11.0. The average molecular weight is 235 g/mol. The van der Waals surface area contributed by atoms with Crippen LogP contribution in [-0.4, -0.2) is 20.3 Å². The summed E-state index contributed by atoms with van der Waals surface area (Å²) in [4.78, 5) is 0. The lowest BCUT2D eigenvalue weighted by Crippen LogP contribution is -2.32. The fourth-order valence-electron chi connectivity index (χ4n) is 2.55. The first-order valence-corrected chi connectivity index (χ1v) is 6.04. The smallest absolute Gasteiger partial charge is 0.126 e. The Balaban J connectivity index is 2.50. The third-order valence-electron chi connectivity index (χ3n) is 3.91. The van der Waals surface area contributed by atoms with E-state index < -0.39 is 0 Å². The topological polar surface area (TPSA) is 44.5 Å². The van der Waals surface area contributed by atoms with Gasteiger partial charge < -0.3 is 15.2 Å². The standard InChI is InChI=1S/C14H21NO2/c1-9-7-11(14(5-6-14)10(2)15)13(17-4)8-12(9)16-3/h7-8,10H,5-6,15H2,1-4H3. The molecular weight excluding hydrogens is 214 g/mol. The normalized spacial score (nSPS) is 18.6. The molecule has 1 atom stereocenters. The highest BCUT2D eigenvalue weighted by molar-refractivity contribution is 5.52. The second-order valence-corrected chi connectivity index (χ2v) is 4.97. The van der Waals surface area contributed by atoms with Crippen molar-refractivity contribution in [2.24, 2.45) is 5.73 Å². The molecule has 1 unspecified atom stereocenters. The van der Waals surface area contributed by atoms with E-state index in [1.807, 2.05) is 6.07 Å². The van der Waals surface area contributed by atoms with Gasteiger partial charge in [0, 0.05) is 23.1 Å². The second-order valence-electron chi connectivity index (χ2n) is 4.97. The molecule has 17 heavy (non-hydrogen) atoms. The van der Waals surface area contributed by atoms with Gasteiger partial charge in [-0.2, -0.15) is 0 Å². The largest absolute Gasteiger partial charge is 0.496 e. The van der Waals surface area contributed by atoms with Crippen LogP contribution in [0.1, 0.15) is 30.9 Å². The molecule has 0 aliphatic heterocycles.